The largest absolute Gasteiger partial charge is 0.478 e. The van der Waals surface area contributed by atoms with Crippen LogP contribution in [0.3, 0.4) is 0 Å². The van der Waals surface area contributed by atoms with Gasteiger partial charge in [0, 0.05) is 0 Å². The average Bonchev–Trinajstić information content (AvgIpc) is 2.41. The summed E-state index contributed by atoms with van der Waals surface area (Å²) in [5.41, 5.74) is 1.20. The molecule has 0 aliphatic heterocycles. The van der Waals surface area contributed by atoms with Gasteiger partial charge >= 0.3 is 5.97 Å². The molecule has 0 unspecified atom stereocenters. The van der Waals surface area contributed by atoms with Crippen molar-refractivity contribution >= 4 is 5.97 Å². The molecule has 94 valence electrons. The molecule has 0 aromatic heterocycles. The van der Waals surface area contributed by atoms with Crippen LogP contribution >= 0.6 is 0 Å². The van der Waals surface area contributed by atoms with E-state index in [1.807, 2.05) is 31.2 Å². The number of hydrogen-bond donors (Lipinski definition) is 1. The fourth-order valence-electron chi connectivity index (χ4n) is 1.63. The number of rotatable bonds is 3. The molecule has 0 spiro atoms. The first-order chi connectivity index (χ1) is 9.11. The third-order valence-corrected chi connectivity index (χ3v) is 2.66. The second kappa shape index (κ2) is 5.23. The molecule has 0 saturated heterocycles. The van der Waals surface area contributed by atoms with Gasteiger partial charge in [0.2, 0.25) is 0 Å². The van der Waals surface area contributed by atoms with Crippen LogP contribution in [0, 0.1) is 18.3 Å². The minimum Gasteiger partial charge on any atom is -0.478 e. The number of nitrogens with zero attached hydrogens (tertiary/aromatic N) is 1. The molecule has 2 aromatic carbocycles. The zero-order chi connectivity index (χ0) is 13.8. The van der Waals surface area contributed by atoms with Crippen molar-refractivity contribution in [1.29, 1.82) is 5.26 Å². The molecule has 0 bridgehead atoms. The molecule has 4 nitrogen and oxygen atoms in total. The molecule has 2 rings (SSSR count). The van der Waals surface area contributed by atoms with Crippen LogP contribution in [0.25, 0.3) is 0 Å². The van der Waals surface area contributed by atoms with E-state index in [0.717, 1.165) is 5.56 Å². The van der Waals surface area contributed by atoms with Crippen LogP contribution in [-0.2, 0) is 0 Å². The standard InChI is InChI=1S/C15H11NO3/c1-10-4-2-3-5-13(10)19-14-7-6-11(15(17)18)8-12(14)9-16/h2-8H,1H3,(H,17,18). The summed E-state index contributed by atoms with van der Waals surface area (Å²) in [7, 11) is 0. The van der Waals surface area contributed by atoms with Crippen LogP contribution in [0.2, 0.25) is 0 Å². The van der Waals surface area contributed by atoms with Gasteiger partial charge in [-0.3, -0.25) is 0 Å². The Morgan fingerprint density at radius 3 is 2.58 bits per heavy atom. The highest BCUT2D eigenvalue weighted by molar-refractivity contribution is 5.88. The Morgan fingerprint density at radius 1 is 1.21 bits per heavy atom. The molecular formula is C15H11NO3. The van der Waals surface area contributed by atoms with Gasteiger partial charge in [-0.05, 0) is 36.8 Å². The Balaban J connectivity index is 2.39. The second-order valence-corrected chi connectivity index (χ2v) is 4.00. The highest BCUT2D eigenvalue weighted by atomic mass is 16.5. The van der Waals surface area contributed by atoms with Gasteiger partial charge in [-0.2, -0.15) is 5.26 Å². The predicted molar refractivity (Wildman–Crippen MR) is 69.4 cm³/mol. The normalized spacial score (nSPS) is 9.68. The fraction of sp³-hybridized carbons (Fsp3) is 0.0667. The van der Waals surface area contributed by atoms with E-state index in [2.05, 4.69) is 0 Å². The number of aromatic carboxylic acids is 1. The number of hydrogen-bond acceptors (Lipinski definition) is 3. The molecule has 0 radical (unpaired) electrons. The minimum atomic E-state index is -1.07. The lowest BCUT2D eigenvalue weighted by Gasteiger charge is -2.10. The van der Waals surface area contributed by atoms with E-state index in [9.17, 15) is 4.79 Å². The lowest BCUT2D eigenvalue weighted by molar-refractivity contribution is 0.0697. The fourth-order valence-corrected chi connectivity index (χ4v) is 1.63. The van der Waals surface area contributed by atoms with Crippen molar-refractivity contribution in [3.8, 4) is 17.6 Å². The topological polar surface area (TPSA) is 70.3 Å². The van der Waals surface area contributed by atoms with Gasteiger partial charge in [-0.1, -0.05) is 18.2 Å². The Kier molecular flexibility index (Phi) is 3.48. The Bertz CT molecular complexity index is 671. The SMILES string of the molecule is Cc1ccccc1Oc1ccc(C(=O)O)cc1C#N. The van der Waals surface area contributed by atoms with Crippen molar-refractivity contribution in [3.63, 3.8) is 0 Å². The van der Waals surface area contributed by atoms with E-state index < -0.39 is 5.97 Å². The van der Waals surface area contributed by atoms with Gasteiger partial charge in [0.1, 0.15) is 17.6 Å². The van der Waals surface area contributed by atoms with Gasteiger partial charge in [-0.25, -0.2) is 4.79 Å². The number of carbonyl (C=O) groups is 1. The zero-order valence-corrected chi connectivity index (χ0v) is 10.3. The number of benzene rings is 2. The lowest BCUT2D eigenvalue weighted by Crippen LogP contribution is -1.98. The molecule has 2 aromatic rings. The summed E-state index contributed by atoms with van der Waals surface area (Å²) in [5.74, 6) is -0.0807. The summed E-state index contributed by atoms with van der Waals surface area (Å²) >= 11 is 0. The monoisotopic (exact) mass is 253 g/mol. The summed E-state index contributed by atoms with van der Waals surface area (Å²) in [6.07, 6.45) is 0. The highest BCUT2D eigenvalue weighted by Crippen LogP contribution is 2.28. The minimum absolute atomic E-state index is 0.0636. The van der Waals surface area contributed by atoms with Crippen LogP contribution in [0.1, 0.15) is 21.5 Å². The van der Waals surface area contributed by atoms with E-state index in [0.29, 0.717) is 11.5 Å². The Morgan fingerprint density at radius 2 is 1.95 bits per heavy atom. The van der Waals surface area contributed by atoms with Gasteiger partial charge < -0.3 is 9.84 Å². The first-order valence-electron chi connectivity index (χ1n) is 5.62. The van der Waals surface area contributed by atoms with Crippen molar-refractivity contribution in [2.75, 3.05) is 0 Å². The molecule has 0 amide bonds. The summed E-state index contributed by atoms with van der Waals surface area (Å²) in [5, 5.41) is 17.9. The first kappa shape index (κ1) is 12.7. The molecule has 0 atom stereocenters. The molecular weight excluding hydrogens is 242 g/mol. The number of ether oxygens (including phenoxy) is 1. The van der Waals surface area contributed by atoms with Gasteiger partial charge in [-0.15, -0.1) is 0 Å². The molecule has 0 heterocycles. The molecule has 4 heteroatoms. The molecule has 0 aliphatic carbocycles. The van der Waals surface area contributed by atoms with E-state index in [-0.39, 0.29) is 11.1 Å². The van der Waals surface area contributed by atoms with Crippen molar-refractivity contribution < 1.29 is 14.6 Å². The van der Waals surface area contributed by atoms with E-state index in [1.54, 1.807) is 6.07 Å². The van der Waals surface area contributed by atoms with Crippen molar-refractivity contribution in [2.24, 2.45) is 0 Å². The van der Waals surface area contributed by atoms with Crippen LogP contribution in [0.4, 0.5) is 0 Å². The second-order valence-electron chi connectivity index (χ2n) is 4.00. The number of aryl methyl sites for hydroxylation is 1. The highest BCUT2D eigenvalue weighted by Gasteiger charge is 2.10. The van der Waals surface area contributed by atoms with Crippen molar-refractivity contribution in [2.45, 2.75) is 6.92 Å². The zero-order valence-electron chi connectivity index (χ0n) is 10.3. The van der Waals surface area contributed by atoms with Crippen LogP contribution in [0.5, 0.6) is 11.5 Å². The summed E-state index contributed by atoms with van der Waals surface area (Å²) in [6.45, 7) is 1.90. The third-order valence-electron chi connectivity index (χ3n) is 2.66. The molecule has 0 aliphatic rings. The number of carboxylic acid groups (broad SMARTS) is 1. The Hall–Kier alpha value is -2.80. The van der Waals surface area contributed by atoms with Crippen LogP contribution in [0.15, 0.2) is 42.5 Å². The first-order valence-corrected chi connectivity index (χ1v) is 5.62. The number of nitriles is 1. The predicted octanol–water partition coefficient (Wildman–Crippen LogP) is 3.36. The smallest absolute Gasteiger partial charge is 0.335 e. The summed E-state index contributed by atoms with van der Waals surface area (Å²) < 4.78 is 5.65. The van der Waals surface area contributed by atoms with E-state index >= 15 is 0 Å². The van der Waals surface area contributed by atoms with Crippen molar-refractivity contribution in [3.05, 3.63) is 59.2 Å². The number of para-hydroxylation sites is 1. The van der Waals surface area contributed by atoms with Gasteiger partial charge in [0.05, 0.1) is 11.1 Å². The summed E-state index contributed by atoms with van der Waals surface area (Å²) in [4.78, 5) is 10.8. The van der Waals surface area contributed by atoms with Crippen molar-refractivity contribution in [1.82, 2.24) is 0 Å². The molecule has 0 fully saturated rings. The van der Waals surface area contributed by atoms with Gasteiger partial charge in [0.15, 0.2) is 0 Å². The third kappa shape index (κ3) is 2.72. The maximum atomic E-state index is 10.8. The number of carboxylic acids is 1. The quantitative estimate of drug-likeness (QED) is 0.910. The van der Waals surface area contributed by atoms with Gasteiger partial charge in [0.25, 0.3) is 0 Å². The molecule has 0 saturated carbocycles. The lowest BCUT2D eigenvalue weighted by atomic mass is 10.1. The maximum absolute atomic E-state index is 10.8. The summed E-state index contributed by atoms with van der Waals surface area (Å²) in [6, 6.07) is 13.6. The van der Waals surface area contributed by atoms with E-state index in [1.165, 1.54) is 18.2 Å². The van der Waals surface area contributed by atoms with E-state index in [4.69, 9.17) is 15.1 Å². The molecule has 1 N–H and O–H groups in total. The van der Waals surface area contributed by atoms with Crippen LogP contribution in [-0.4, -0.2) is 11.1 Å². The Labute approximate surface area is 110 Å². The average molecular weight is 253 g/mol. The van der Waals surface area contributed by atoms with Crippen LogP contribution < -0.4 is 4.74 Å². The maximum Gasteiger partial charge on any atom is 0.335 e. The molecule has 19 heavy (non-hydrogen) atoms.